The van der Waals surface area contributed by atoms with E-state index in [1.807, 2.05) is 0 Å². The number of β-amino-alcohol motifs (C(OH)–C–C–N with tert-alkyl or cyclic N) is 1. The van der Waals surface area contributed by atoms with E-state index in [1.54, 1.807) is 36.4 Å². The lowest BCUT2D eigenvalue weighted by Crippen LogP contribution is -2.49. The highest BCUT2D eigenvalue weighted by Gasteiger charge is 2.20. The Kier molecular flexibility index (Phi) is 7.41. The van der Waals surface area contributed by atoms with Crippen LogP contribution in [0.15, 0.2) is 42.5 Å². The number of nitrogens with zero attached hydrogens (tertiary/aromatic N) is 2. The Morgan fingerprint density at radius 2 is 1.83 bits per heavy atom. The van der Waals surface area contributed by atoms with Gasteiger partial charge in [-0.2, -0.15) is 0 Å². The molecule has 0 aromatic heterocycles. The second-order valence-corrected chi connectivity index (χ2v) is 9.41. The second kappa shape index (κ2) is 9.82. The highest BCUT2D eigenvalue weighted by Crippen LogP contribution is 2.23. The molecule has 0 amide bonds. The van der Waals surface area contributed by atoms with Crippen LogP contribution in [0.3, 0.4) is 0 Å². The third kappa shape index (κ3) is 6.73. The average Bonchev–Trinajstić information content (AvgIpc) is 2.69. The van der Waals surface area contributed by atoms with Gasteiger partial charge in [-0.25, -0.2) is 12.8 Å². The zero-order valence-corrected chi connectivity index (χ0v) is 18.2. The van der Waals surface area contributed by atoms with E-state index in [9.17, 15) is 17.9 Å². The predicted octanol–water partition coefficient (Wildman–Crippen LogP) is 2.41. The van der Waals surface area contributed by atoms with Gasteiger partial charge < -0.3 is 14.7 Å². The third-order valence-electron chi connectivity index (χ3n) is 4.71. The molecule has 3 rings (SSSR count). The lowest BCUT2D eigenvalue weighted by molar-refractivity contribution is 0.0663. The first-order valence-electron chi connectivity index (χ1n) is 9.51. The molecule has 1 aliphatic rings. The van der Waals surface area contributed by atoms with E-state index < -0.39 is 21.9 Å². The zero-order valence-electron chi connectivity index (χ0n) is 16.6. The Balaban J connectivity index is 1.41. The van der Waals surface area contributed by atoms with Crippen molar-refractivity contribution >= 4 is 33.0 Å². The van der Waals surface area contributed by atoms with Gasteiger partial charge in [0.2, 0.25) is 10.0 Å². The molecule has 1 fully saturated rings. The van der Waals surface area contributed by atoms with Crippen molar-refractivity contribution in [2.75, 3.05) is 55.2 Å². The van der Waals surface area contributed by atoms with Gasteiger partial charge in [0, 0.05) is 44.1 Å². The van der Waals surface area contributed by atoms with Crippen molar-refractivity contribution < 1.29 is 22.7 Å². The normalized spacial score (nSPS) is 16.3. The summed E-state index contributed by atoms with van der Waals surface area (Å²) in [6.07, 6.45) is 0.424. The maximum atomic E-state index is 13.3. The molecule has 30 heavy (non-hydrogen) atoms. The SMILES string of the molecule is CS(=O)(=O)Nc1ccc(OC[C@H](O)CN2CCN(c3ccc(F)c(Cl)c3)CC2)cc1. The predicted molar refractivity (Wildman–Crippen MR) is 116 cm³/mol. The van der Waals surface area contributed by atoms with E-state index in [0.717, 1.165) is 38.1 Å². The van der Waals surface area contributed by atoms with Gasteiger partial charge in [0.05, 0.1) is 11.3 Å². The first-order valence-corrected chi connectivity index (χ1v) is 11.8. The molecule has 0 spiro atoms. The number of hydrogen-bond acceptors (Lipinski definition) is 6. The third-order valence-corrected chi connectivity index (χ3v) is 5.61. The number of halogens is 2. The minimum absolute atomic E-state index is 0.114. The largest absolute Gasteiger partial charge is 0.491 e. The molecule has 164 valence electrons. The Hall–Kier alpha value is -2.07. The number of ether oxygens (including phenoxy) is 1. The van der Waals surface area contributed by atoms with Crippen LogP contribution in [0.1, 0.15) is 0 Å². The number of piperazine rings is 1. The smallest absolute Gasteiger partial charge is 0.229 e. The molecule has 0 saturated carbocycles. The minimum atomic E-state index is -3.32. The molecule has 2 N–H and O–H groups in total. The van der Waals surface area contributed by atoms with Gasteiger partial charge in [-0.3, -0.25) is 9.62 Å². The van der Waals surface area contributed by atoms with Crippen LogP contribution in [-0.4, -0.2) is 70.1 Å². The summed E-state index contributed by atoms with van der Waals surface area (Å²) in [5.74, 6) is 0.120. The Morgan fingerprint density at radius 3 is 2.43 bits per heavy atom. The van der Waals surface area contributed by atoms with Gasteiger partial charge >= 0.3 is 0 Å². The zero-order chi connectivity index (χ0) is 21.7. The Labute approximate surface area is 181 Å². The standard InChI is InChI=1S/C20H25ClFN3O4S/c1-30(27,28)23-15-2-5-18(6-3-15)29-14-17(26)13-24-8-10-25(11-9-24)16-4-7-20(22)19(21)12-16/h2-7,12,17,23,26H,8-11,13-14H2,1H3/t17-/m1/s1. The maximum absolute atomic E-state index is 13.3. The van der Waals surface area contributed by atoms with Crippen molar-refractivity contribution in [3.8, 4) is 5.75 Å². The molecular weight excluding hydrogens is 433 g/mol. The Bertz CT molecular complexity index is 951. The van der Waals surface area contributed by atoms with Gasteiger partial charge in [-0.15, -0.1) is 0 Å². The van der Waals surface area contributed by atoms with Crippen molar-refractivity contribution in [3.05, 3.63) is 53.3 Å². The van der Waals surface area contributed by atoms with E-state index in [2.05, 4.69) is 14.5 Å². The van der Waals surface area contributed by atoms with Crippen LogP contribution >= 0.6 is 11.6 Å². The van der Waals surface area contributed by atoms with Gasteiger partial charge in [0.25, 0.3) is 0 Å². The van der Waals surface area contributed by atoms with E-state index in [0.29, 0.717) is 18.0 Å². The lowest BCUT2D eigenvalue weighted by atomic mass is 10.2. The molecule has 2 aromatic carbocycles. The summed E-state index contributed by atoms with van der Waals surface area (Å²) in [5, 5.41) is 10.4. The topological polar surface area (TPSA) is 82.1 Å². The summed E-state index contributed by atoms with van der Waals surface area (Å²) in [4.78, 5) is 4.28. The van der Waals surface area contributed by atoms with Gasteiger partial charge in [0.15, 0.2) is 0 Å². The minimum Gasteiger partial charge on any atom is -0.491 e. The fourth-order valence-electron chi connectivity index (χ4n) is 3.25. The van der Waals surface area contributed by atoms with Crippen LogP contribution in [0.4, 0.5) is 15.8 Å². The van der Waals surface area contributed by atoms with E-state index in [1.165, 1.54) is 6.07 Å². The van der Waals surface area contributed by atoms with Crippen LogP contribution in [0.5, 0.6) is 5.75 Å². The molecule has 0 unspecified atom stereocenters. The van der Waals surface area contributed by atoms with Crippen LogP contribution < -0.4 is 14.4 Å². The first kappa shape index (κ1) is 22.6. The summed E-state index contributed by atoms with van der Waals surface area (Å²) in [6.45, 7) is 3.64. The number of hydrogen-bond donors (Lipinski definition) is 2. The maximum Gasteiger partial charge on any atom is 0.229 e. The van der Waals surface area contributed by atoms with Crippen molar-refractivity contribution in [3.63, 3.8) is 0 Å². The number of sulfonamides is 1. The number of rotatable bonds is 8. The van der Waals surface area contributed by atoms with Crippen molar-refractivity contribution in [2.24, 2.45) is 0 Å². The molecule has 10 heteroatoms. The average molecular weight is 458 g/mol. The fraction of sp³-hybridized carbons (Fsp3) is 0.400. The molecule has 1 heterocycles. The lowest BCUT2D eigenvalue weighted by Gasteiger charge is -2.37. The van der Waals surface area contributed by atoms with Gasteiger partial charge in [0.1, 0.15) is 24.3 Å². The van der Waals surface area contributed by atoms with Crippen LogP contribution in [0, 0.1) is 5.82 Å². The molecule has 0 bridgehead atoms. The molecular formula is C20H25ClFN3O4S. The molecule has 1 atom stereocenters. The van der Waals surface area contributed by atoms with Crippen LogP contribution in [0.2, 0.25) is 5.02 Å². The van der Waals surface area contributed by atoms with Crippen LogP contribution in [0.25, 0.3) is 0 Å². The molecule has 1 aliphatic heterocycles. The number of aliphatic hydroxyl groups excluding tert-OH is 1. The number of anilines is 2. The van der Waals surface area contributed by atoms with Gasteiger partial charge in [-0.05, 0) is 42.5 Å². The summed E-state index contributed by atoms with van der Waals surface area (Å²) in [6, 6.07) is 11.2. The highest BCUT2D eigenvalue weighted by atomic mass is 35.5. The number of benzene rings is 2. The van der Waals surface area contributed by atoms with Crippen molar-refractivity contribution in [2.45, 2.75) is 6.10 Å². The quantitative estimate of drug-likeness (QED) is 0.633. The van der Waals surface area contributed by atoms with E-state index in [-0.39, 0.29) is 11.6 Å². The summed E-state index contributed by atoms with van der Waals surface area (Å²) < 4.78 is 43.7. The van der Waals surface area contributed by atoms with Crippen molar-refractivity contribution in [1.29, 1.82) is 0 Å². The van der Waals surface area contributed by atoms with Crippen molar-refractivity contribution in [1.82, 2.24) is 4.90 Å². The summed E-state index contributed by atoms with van der Waals surface area (Å²) >= 11 is 5.86. The number of aliphatic hydroxyl groups is 1. The first-order chi connectivity index (χ1) is 14.2. The molecule has 1 saturated heterocycles. The Morgan fingerprint density at radius 1 is 1.17 bits per heavy atom. The molecule has 7 nitrogen and oxygen atoms in total. The second-order valence-electron chi connectivity index (χ2n) is 7.25. The van der Waals surface area contributed by atoms with Gasteiger partial charge in [-0.1, -0.05) is 11.6 Å². The summed E-state index contributed by atoms with van der Waals surface area (Å²) in [5.41, 5.74) is 1.34. The number of nitrogens with one attached hydrogen (secondary N) is 1. The monoisotopic (exact) mass is 457 g/mol. The van der Waals surface area contributed by atoms with E-state index in [4.69, 9.17) is 16.3 Å². The molecule has 2 aromatic rings. The summed E-state index contributed by atoms with van der Waals surface area (Å²) in [7, 11) is -3.32. The molecule has 0 radical (unpaired) electrons. The molecule has 0 aliphatic carbocycles. The fourth-order valence-corrected chi connectivity index (χ4v) is 3.99. The van der Waals surface area contributed by atoms with E-state index >= 15 is 0 Å². The highest BCUT2D eigenvalue weighted by molar-refractivity contribution is 7.92. The van der Waals surface area contributed by atoms with Crippen LogP contribution in [-0.2, 0) is 10.0 Å².